The van der Waals surface area contributed by atoms with E-state index >= 15 is 0 Å². The van der Waals surface area contributed by atoms with Crippen LogP contribution in [0.4, 0.5) is 0 Å². The van der Waals surface area contributed by atoms with Crippen molar-refractivity contribution in [1.29, 1.82) is 0 Å². The minimum Gasteiger partial charge on any atom is -0.350 e. The van der Waals surface area contributed by atoms with Crippen LogP contribution in [0.2, 0.25) is 5.02 Å². The number of nitrogens with zero attached hydrogens (tertiary/aromatic N) is 1. The Morgan fingerprint density at radius 2 is 1.83 bits per heavy atom. The number of sulfonamides is 1. The van der Waals surface area contributed by atoms with E-state index in [4.69, 9.17) is 11.6 Å². The lowest BCUT2D eigenvalue weighted by Crippen LogP contribution is -2.50. The average molecular weight is 437 g/mol. The molecule has 7 heteroatoms. The Kier molecular flexibility index (Phi) is 4.95. The van der Waals surface area contributed by atoms with Gasteiger partial charge in [0.1, 0.15) is 0 Å². The van der Waals surface area contributed by atoms with Crippen molar-refractivity contribution in [2.75, 3.05) is 13.1 Å². The summed E-state index contributed by atoms with van der Waals surface area (Å²) in [6, 6.07) is 6.42. The summed E-state index contributed by atoms with van der Waals surface area (Å²) in [5, 5.41) is 3.87. The molecule has 1 N–H and O–H groups in total. The van der Waals surface area contributed by atoms with Crippen LogP contribution in [0.1, 0.15) is 51.4 Å². The third kappa shape index (κ3) is 3.61. The minimum absolute atomic E-state index is 0.0846. The summed E-state index contributed by atoms with van der Waals surface area (Å²) in [7, 11) is -3.52. The summed E-state index contributed by atoms with van der Waals surface area (Å²) < 4.78 is 27.2. The van der Waals surface area contributed by atoms with Crippen molar-refractivity contribution in [1.82, 2.24) is 9.62 Å². The first-order chi connectivity index (χ1) is 13.8. The van der Waals surface area contributed by atoms with Crippen molar-refractivity contribution in [2.24, 2.45) is 23.7 Å². The Morgan fingerprint density at radius 3 is 2.48 bits per heavy atom. The van der Waals surface area contributed by atoms with Crippen LogP contribution >= 0.6 is 11.6 Å². The number of benzene rings is 1. The number of halogens is 1. The Morgan fingerprint density at radius 1 is 1.14 bits per heavy atom. The number of rotatable bonds is 5. The van der Waals surface area contributed by atoms with Gasteiger partial charge in [0.25, 0.3) is 0 Å². The van der Waals surface area contributed by atoms with Crippen molar-refractivity contribution in [3.8, 4) is 0 Å². The summed E-state index contributed by atoms with van der Waals surface area (Å²) in [5.41, 5.74) is 0.0846. The molecule has 4 atom stereocenters. The highest BCUT2D eigenvalue weighted by molar-refractivity contribution is 7.89. The molecule has 5 aliphatic rings. The van der Waals surface area contributed by atoms with E-state index in [0.717, 1.165) is 24.7 Å². The third-order valence-corrected chi connectivity index (χ3v) is 9.99. The zero-order valence-electron chi connectivity index (χ0n) is 16.6. The van der Waals surface area contributed by atoms with Gasteiger partial charge in [0.2, 0.25) is 15.9 Å². The zero-order chi connectivity index (χ0) is 20.2. The monoisotopic (exact) mass is 436 g/mol. The Labute approximate surface area is 178 Å². The molecule has 3 unspecified atom stereocenters. The lowest BCUT2D eigenvalue weighted by Gasteiger charge is -2.35. The van der Waals surface area contributed by atoms with Gasteiger partial charge in [-0.3, -0.25) is 4.79 Å². The van der Waals surface area contributed by atoms with Gasteiger partial charge in [-0.25, -0.2) is 8.42 Å². The molecule has 1 aliphatic heterocycles. The Balaban J connectivity index is 1.16. The van der Waals surface area contributed by atoms with E-state index in [1.165, 1.54) is 42.5 Å². The van der Waals surface area contributed by atoms with Crippen LogP contribution in [-0.2, 0) is 14.8 Å². The molecule has 1 aromatic rings. The zero-order valence-corrected chi connectivity index (χ0v) is 18.2. The number of carbonyl (C=O) groups is 1. The topological polar surface area (TPSA) is 66.5 Å². The number of nitrogens with one attached hydrogen (secondary N) is 1. The smallest absolute Gasteiger partial charge is 0.243 e. The van der Waals surface area contributed by atoms with E-state index in [2.05, 4.69) is 5.32 Å². The summed E-state index contributed by atoms with van der Waals surface area (Å²) in [6.45, 7) is 0.926. The molecule has 0 radical (unpaired) electrons. The molecule has 0 aromatic heterocycles. The van der Waals surface area contributed by atoms with Gasteiger partial charge in [0.05, 0.1) is 4.90 Å². The molecule has 4 saturated carbocycles. The van der Waals surface area contributed by atoms with Gasteiger partial charge in [-0.05, 0) is 86.8 Å². The predicted molar refractivity (Wildman–Crippen MR) is 112 cm³/mol. The van der Waals surface area contributed by atoms with E-state index in [9.17, 15) is 13.2 Å². The minimum atomic E-state index is -3.52. The van der Waals surface area contributed by atoms with Crippen molar-refractivity contribution < 1.29 is 13.2 Å². The molecule has 158 valence electrons. The van der Waals surface area contributed by atoms with Crippen molar-refractivity contribution in [3.63, 3.8) is 0 Å². The normalized spacial score (nSPS) is 34.6. The highest BCUT2D eigenvalue weighted by atomic mass is 35.5. The lowest BCUT2D eigenvalue weighted by molar-refractivity contribution is -0.124. The second kappa shape index (κ2) is 7.24. The van der Waals surface area contributed by atoms with E-state index in [-0.39, 0.29) is 22.3 Å². The maximum Gasteiger partial charge on any atom is 0.243 e. The van der Waals surface area contributed by atoms with Gasteiger partial charge in [-0.2, -0.15) is 4.31 Å². The van der Waals surface area contributed by atoms with Crippen molar-refractivity contribution in [3.05, 3.63) is 29.3 Å². The van der Waals surface area contributed by atoms with Crippen LogP contribution in [0.25, 0.3) is 0 Å². The molecule has 29 heavy (non-hydrogen) atoms. The van der Waals surface area contributed by atoms with Crippen LogP contribution in [0, 0.1) is 23.7 Å². The molecular weight excluding hydrogens is 408 g/mol. The molecule has 1 saturated heterocycles. The molecule has 6 rings (SSSR count). The number of carbonyl (C=O) groups excluding carboxylic acids is 1. The first kappa shape index (κ1) is 19.8. The lowest BCUT2D eigenvalue weighted by atomic mass is 9.80. The van der Waals surface area contributed by atoms with Crippen LogP contribution in [0.5, 0.6) is 0 Å². The molecule has 1 amide bonds. The van der Waals surface area contributed by atoms with Crippen molar-refractivity contribution >= 4 is 27.5 Å². The third-order valence-electron chi connectivity index (χ3n) is 7.86. The molecule has 5 nitrogen and oxygen atoms in total. The maximum atomic E-state index is 12.8. The van der Waals surface area contributed by atoms with Gasteiger partial charge in [0.15, 0.2) is 0 Å². The highest BCUT2D eigenvalue weighted by Crippen LogP contribution is 2.60. The van der Waals surface area contributed by atoms with Crippen LogP contribution in [-0.4, -0.2) is 37.3 Å². The first-order valence-electron chi connectivity index (χ1n) is 10.9. The van der Waals surface area contributed by atoms with Crippen LogP contribution in [0.3, 0.4) is 0 Å². The summed E-state index contributed by atoms with van der Waals surface area (Å²) in [6.07, 6.45) is 8.31. The van der Waals surface area contributed by atoms with Gasteiger partial charge in [-0.15, -0.1) is 0 Å². The summed E-state index contributed by atoms with van der Waals surface area (Å²) >= 11 is 5.96. The fourth-order valence-electron chi connectivity index (χ4n) is 6.72. The Bertz CT molecular complexity index is 896. The van der Waals surface area contributed by atoms with Crippen molar-refractivity contribution in [2.45, 2.75) is 61.8 Å². The Hall–Kier alpha value is -1.11. The standard InChI is InChI=1S/C22H29ClN2O3S/c23-19-2-1-3-20(12-19)29(27,28)25-6-4-15(5-7-25)11-21(26)24-22-13-16-8-17(14-22)10-18(22)9-16/h1-3,12,15-18H,4-11,13-14H2,(H,24,26)/t16-,17?,18?,22?/m0/s1. The fourth-order valence-corrected chi connectivity index (χ4v) is 8.49. The fraction of sp³-hybridized carbons (Fsp3) is 0.682. The van der Waals surface area contributed by atoms with Crippen LogP contribution < -0.4 is 5.32 Å². The second-order valence-corrected chi connectivity index (χ2v) is 12.1. The average Bonchev–Trinajstić information content (AvgIpc) is 3.05. The van der Waals surface area contributed by atoms with Gasteiger partial charge < -0.3 is 5.32 Å². The van der Waals surface area contributed by atoms with Gasteiger partial charge >= 0.3 is 0 Å². The molecule has 5 fully saturated rings. The quantitative estimate of drug-likeness (QED) is 0.762. The number of piperidine rings is 1. The molecule has 1 aromatic carbocycles. The first-order valence-corrected chi connectivity index (χ1v) is 12.7. The summed E-state index contributed by atoms with van der Waals surface area (Å²) in [5.74, 6) is 2.78. The number of hydrogen-bond donors (Lipinski definition) is 1. The molecule has 4 aliphatic carbocycles. The second-order valence-electron chi connectivity index (χ2n) is 9.76. The molecular formula is C22H29ClN2O3S. The SMILES string of the molecule is O=C(CC1CCN(S(=O)(=O)c2cccc(Cl)c2)CC1)NC12CC3CC1C[C@H](C3)C2. The van der Waals surface area contributed by atoms with E-state index in [1.54, 1.807) is 18.2 Å². The van der Waals surface area contributed by atoms with E-state index in [1.807, 2.05) is 0 Å². The molecule has 1 heterocycles. The summed E-state index contributed by atoms with van der Waals surface area (Å²) in [4.78, 5) is 13.0. The predicted octanol–water partition coefficient (Wildman–Crippen LogP) is 3.83. The van der Waals surface area contributed by atoms with E-state index in [0.29, 0.717) is 30.5 Å². The molecule has 0 spiro atoms. The largest absolute Gasteiger partial charge is 0.350 e. The number of amides is 1. The van der Waals surface area contributed by atoms with Crippen LogP contribution in [0.15, 0.2) is 29.2 Å². The van der Waals surface area contributed by atoms with Gasteiger partial charge in [-0.1, -0.05) is 17.7 Å². The highest BCUT2D eigenvalue weighted by Gasteiger charge is 2.58. The maximum absolute atomic E-state index is 12.8. The number of hydrogen-bond acceptors (Lipinski definition) is 3. The van der Waals surface area contributed by atoms with E-state index < -0.39 is 10.0 Å². The van der Waals surface area contributed by atoms with Gasteiger partial charge in [0, 0.05) is 30.1 Å². The molecule has 4 bridgehead atoms.